The third kappa shape index (κ3) is 5.70. The van der Waals surface area contributed by atoms with Gasteiger partial charge < -0.3 is 5.32 Å². The zero-order chi connectivity index (χ0) is 26.1. The van der Waals surface area contributed by atoms with E-state index in [0.717, 1.165) is 18.5 Å². The summed E-state index contributed by atoms with van der Waals surface area (Å²) in [4.78, 5) is 30.3. The van der Waals surface area contributed by atoms with Crippen molar-refractivity contribution in [1.29, 1.82) is 0 Å². The largest absolute Gasteiger partial charge is 0.345 e. The van der Waals surface area contributed by atoms with Crippen LogP contribution in [0.3, 0.4) is 0 Å². The number of nitrogens with zero attached hydrogens (tertiary/aromatic N) is 1. The fourth-order valence-electron chi connectivity index (χ4n) is 3.90. The molecule has 35 heavy (non-hydrogen) atoms. The van der Waals surface area contributed by atoms with Gasteiger partial charge in [-0.25, -0.2) is 21.6 Å². The molecule has 0 radical (unpaired) electrons. The van der Waals surface area contributed by atoms with Crippen LogP contribution in [-0.2, 0) is 19.4 Å². The van der Waals surface area contributed by atoms with Crippen molar-refractivity contribution in [2.45, 2.75) is 44.1 Å². The molecule has 0 saturated carbocycles. The van der Waals surface area contributed by atoms with Crippen molar-refractivity contribution >= 4 is 27.2 Å². The number of carbonyl (C=O) groups is 2. The summed E-state index contributed by atoms with van der Waals surface area (Å²) in [5.41, 5.74) is 0.153. The number of carbonyl (C=O) groups excluding carboxylic acids is 2. The molecule has 186 valence electrons. The highest BCUT2D eigenvalue weighted by Crippen LogP contribution is 2.31. The molecule has 0 spiro atoms. The number of rotatable bonds is 7. The monoisotopic (exact) mass is 506 g/mol. The first kappa shape index (κ1) is 26.3. The van der Waals surface area contributed by atoms with Gasteiger partial charge in [0, 0.05) is 29.3 Å². The van der Waals surface area contributed by atoms with Crippen LogP contribution in [0.5, 0.6) is 0 Å². The molecule has 0 aromatic heterocycles. The molecular formula is C25H25F3N2O4S. The van der Waals surface area contributed by atoms with Crippen molar-refractivity contribution in [3.63, 3.8) is 0 Å². The number of nitrogens with one attached hydrogen (secondary N) is 1. The summed E-state index contributed by atoms with van der Waals surface area (Å²) in [5.74, 6) is -3.56. The second-order valence-corrected chi connectivity index (χ2v) is 10.7. The average Bonchev–Trinajstić information content (AvgIpc) is 2.77. The van der Waals surface area contributed by atoms with Crippen molar-refractivity contribution in [3.8, 4) is 0 Å². The van der Waals surface area contributed by atoms with Crippen molar-refractivity contribution in [2.75, 3.05) is 6.26 Å². The van der Waals surface area contributed by atoms with Crippen LogP contribution in [0, 0.1) is 11.7 Å². The van der Waals surface area contributed by atoms with Crippen LogP contribution in [0.25, 0.3) is 0 Å². The first-order valence-corrected chi connectivity index (χ1v) is 12.7. The third-order valence-corrected chi connectivity index (χ3v) is 6.88. The minimum Gasteiger partial charge on any atom is -0.345 e. The fourth-order valence-corrected chi connectivity index (χ4v) is 4.53. The maximum absolute atomic E-state index is 14.8. The molecule has 6 nitrogen and oxygen atoms in total. The van der Waals surface area contributed by atoms with Gasteiger partial charge in [-0.05, 0) is 36.6 Å². The number of alkyl halides is 2. The quantitative estimate of drug-likeness (QED) is 0.552. The predicted molar refractivity (Wildman–Crippen MR) is 126 cm³/mol. The second kappa shape index (κ2) is 10.2. The summed E-state index contributed by atoms with van der Waals surface area (Å²) in [6.45, 7) is 5.03. The van der Waals surface area contributed by atoms with Crippen molar-refractivity contribution in [1.82, 2.24) is 5.32 Å². The van der Waals surface area contributed by atoms with E-state index in [1.54, 1.807) is 20.8 Å². The Balaban J connectivity index is 1.90. The van der Waals surface area contributed by atoms with E-state index in [9.17, 15) is 31.2 Å². The lowest BCUT2D eigenvalue weighted by Crippen LogP contribution is -2.38. The van der Waals surface area contributed by atoms with Crippen molar-refractivity contribution < 1.29 is 31.2 Å². The molecule has 1 heterocycles. The van der Waals surface area contributed by atoms with Gasteiger partial charge in [0.2, 0.25) is 0 Å². The van der Waals surface area contributed by atoms with Crippen LogP contribution in [-0.4, -0.2) is 32.1 Å². The van der Waals surface area contributed by atoms with E-state index in [0.29, 0.717) is 5.71 Å². The summed E-state index contributed by atoms with van der Waals surface area (Å²) in [5, 5.41) is 2.64. The maximum atomic E-state index is 14.8. The Bertz CT molecular complexity index is 1330. The number of aliphatic imine (C=N–C) groups is 1. The Labute approximate surface area is 201 Å². The topological polar surface area (TPSA) is 92.7 Å². The molecule has 10 heteroatoms. The zero-order valence-electron chi connectivity index (χ0n) is 19.6. The lowest BCUT2D eigenvalue weighted by Gasteiger charge is -2.26. The van der Waals surface area contributed by atoms with Gasteiger partial charge in [-0.2, -0.15) is 0 Å². The van der Waals surface area contributed by atoms with Crippen LogP contribution in [0.2, 0.25) is 0 Å². The van der Waals surface area contributed by atoms with Crippen LogP contribution >= 0.6 is 0 Å². The highest BCUT2D eigenvalue weighted by molar-refractivity contribution is 7.90. The summed E-state index contributed by atoms with van der Waals surface area (Å²) >= 11 is 0. The molecule has 3 rings (SSSR count). The van der Waals surface area contributed by atoms with Gasteiger partial charge in [0.25, 0.3) is 12.3 Å². The van der Waals surface area contributed by atoms with Crippen LogP contribution in [0.15, 0.2) is 64.1 Å². The molecule has 2 unspecified atom stereocenters. The average molecular weight is 507 g/mol. The van der Waals surface area contributed by atoms with Crippen molar-refractivity contribution in [3.05, 3.63) is 76.7 Å². The summed E-state index contributed by atoms with van der Waals surface area (Å²) < 4.78 is 64.6. The number of Topliss-reactive ketones (excluding diaryl/α,β-unsaturated/α-hetero) is 1. The molecule has 1 amide bonds. The Morgan fingerprint density at radius 1 is 1.11 bits per heavy atom. The molecule has 0 bridgehead atoms. The Morgan fingerprint density at radius 2 is 1.80 bits per heavy atom. The number of benzene rings is 2. The number of hydrogen-bond acceptors (Lipinski definition) is 5. The summed E-state index contributed by atoms with van der Waals surface area (Å²) in [6, 6.07) is 7.93. The molecule has 0 aliphatic carbocycles. The number of amides is 1. The Morgan fingerprint density at radius 3 is 2.37 bits per heavy atom. The van der Waals surface area contributed by atoms with Gasteiger partial charge in [-0.15, -0.1) is 0 Å². The molecule has 0 saturated heterocycles. The summed E-state index contributed by atoms with van der Waals surface area (Å²) in [6.07, 6.45) is -0.652. The molecule has 1 N–H and O–H groups in total. The normalized spacial score (nSPS) is 17.3. The fraction of sp³-hybridized carbons (Fsp3) is 0.320. The molecule has 2 aromatic carbocycles. The van der Waals surface area contributed by atoms with Gasteiger partial charge in [0.05, 0.1) is 16.9 Å². The maximum Gasteiger partial charge on any atom is 0.263 e. The first-order valence-electron chi connectivity index (χ1n) is 10.8. The van der Waals surface area contributed by atoms with E-state index in [4.69, 9.17) is 0 Å². The standard InChI is InChI=1S/C25H25F3N2O4S/c1-13(2)22(18-9-8-17(11-20(18)26)35(4,33)34)30-25(32)19-12-29-14(3)21(23(19)31)15-6-5-7-16(10-15)24(27)28/h5-13,21-22,24H,1-4H3,(H,30,32). The van der Waals surface area contributed by atoms with Gasteiger partial charge in [-0.3, -0.25) is 14.6 Å². The van der Waals surface area contributed by atoms with E-state index >= 15 is 0 Å². The number of hydrogen-bond donors (Lipinski definition) is 1. The van der Waals surface area contributed by atoms with Gasteiger partial charge >= 0.3 is 0 Å². The van der Waals surface area contributed by atoms with Gasteiger partial charge in [-0.1, -0.05) is 38.1 Å². The molecule has 0 fully saturated rings. The van der Waals surface area contributed by atoms with E-state index < -0.39 is 45.7 Å². The first-order chi connectivity index (χ1) is 16.3. The highest BCUT2D eigenvalue weighted by atomic mass is 32.2. The van der Waals surface area contributed by atoms with E-state index in [1.807, 2.05) is 0 Å². The van der Waals surface area contributed by atoms with Gasteiger partial charge in [0.1, 0.15) is 11.4 Å². The van der Waals surface area contributed by atoms with Crippen LogP contribution < -0.4 is 5.32 Å². The number of ketones is 1. The number of halogens is 3. The third-order valence-electron chi connectivity index (χ3n) is 5.77. The Hall–Kier alpha value is -3.27. The minimum atomic E-state index is -3.62. The zero-order valence-corrected chi connectivity index (χ0v) is 20.4. The summed E-state index contributed by atoms with van der Waals surface area (Å²) in [7, 11) is -3.62. The molecule has 1 aliphatic heterocycles. The number of sulfone groups is 1. The molecule has 1 aliphatic rings. The smallest absolute Gasteiger partial charge is 0.263 e. The highest BCUT2D eigenvalue weighted by Gasteiger charge is 2.34. The second-order valence-electron chi connectivity index (χ2n) is 8.73. The lowest BCUT2D eigenvalue weighted by molar-refractivity contribution is -0.123. The van der Waals surface area contributed by atoms with E-state index in [-0.39, 0.29) is 33.1 Å². The van der Waals surface area contributed by atoms with Crippen LogP contribution in [0.4, 0.5) is 13.2 Å². The van der Waals surface area contributed by atoms with Crippen LogP contribution in [0.1, 0.15) is 55.8 Å². The predicted octanol–water partition coefficient (Wildman–Crippen LogP) is 4.69. The van der Waals surface area contributed by atoms with E-state index in [2.05, 4.69) is 10.3 Å². The van der Waals surface area contributed by atoms with Crippen molar-refractivity contribution in [2.24, 2.45) is 10.9 Å². The van der Waals surface area contributed by atoms with E-state index in [1.165, 1.54) is 36.4 Å². The molecule has 2 aromatic rings. The lowest BCUT2D eigenvalue weighted by atomic mass is 9.84. The molecular weight excluding hydrogens is 481 g/mol. The Kier molecular flexibility index (Phi) is 7.64. The minimum absolute atomic E-state index is 0.0606. The SMILES string of the molecule is CC1=NC=C(C(=O)NC(c2ccc(S(C)(=O)=O)cc2F)C(C)C)C(=O)C1c1cccc(C(F)F)c1. The van der Waals surface area contributed by atoms with Gasteiger partial charge in [0.15, 0.2) is 15.6 Å². The molecule has 2 atom stereocenters.